The molecule has 0 aliphatic carbocycles. The van der Waals surface area contributed by atoms with Gasteiger partial charge in [0.05, 0.1) is 7.11 Å². The van der Waals surface area contributed by atoms with Crippen LogP contribution < -0.4 is 10.1 Å². The van der Waals surface area contributed by atoms with Crippen LogP contribution in [-0.2, 0) is 34.4 Å². The maximum absolute atomic E-state index is 13.9. The Bertz CT molecular complexity index is 1200. The van der Waals surface area contributed by atoms with Crippen LogP contribution in [0, 0.1) is 5.92 Å². The van der Waals surface area contributed by atoms with Crippen LogP contribution in [-0.4, -0.2) is 36.4 Å². The lowest BCUT2D eigenvalue weighted by atomic mass is 9.86. The van der Waals surface area contributed by atoms with E-state index in [0.717, 1.165) is 22.4 Å². The number of rotatable bonds is 12. The number of methoxy groups -OCH3 is 1. The number of amides is 2. The molecule has 1 N–H and O–H groups in total. The summed E-state index contributed by atoms with van der Waals surface area (Å²) >= 11 is 0. The van der Waals surface area contributed by atoms with Crippen LogP contribution >= 0.6 is 0 Å². The number of carbonyl (C=O) groups is 2. The minimum Gasteiger partial charge on any atom is -0.497 e. The molecule has 5 heteroatoms. The molecule has 5 nitrogen and oxygen atoms in total. The highest BCUT2D eigenvalue weighted by molar-refractivity contribution is 5.88. The minimum atomic E-state index is -0.631. The van der Waals surface area contributed by atoms with E-state index < -0.39 is 6.04 Å². The number of hydrogen-bond donors (Lipinski definition) is 1. The van der Waals surface area contributed by atoms with E-state index in [-0.39, 0.29) is 17.2 Å². The predicted octanol–water partition coefficient (Wildman–Crippen LogP) is 6.34. The first kappa shape index (κ1) is 29.9. The van der Waals surface area contributed by atoms with Crippen LogP contribution in [0.4, 0.5) is 0 Å². The first-order valence-electron chi connectivity index (χ1n) is 13.9. The Labute approximate surface area is 234 Å². The number of ether oxygens (including phenoxy) is 1. The van der Waals surface area contributed by atoms with E-state index in [9.17, 15) is 9.59 Å². The monoisotopic (exact) mass is 528 g/mol. The molecule has 0 saturated carbocycles. The molecule has 208 valence electrons. The maximum atomic E-state index is 13.9. The maximum Gasteiger partial charge on any atom is 0.243 e. The molecule has 0 aromatic heterocycles. The Balaban J connectivity index is 1.89. The molecule has 0 heterocycles. The van der Waals surface area contributed by atoms with Crippen molar-refractivity contribution in [1.82, 2.24) is 10.2 Å². The Morgan fingerprint density at radius 3 is 2.15 bits per heavy atom. The third kappa shape index (κ3) is 9.27. The van der Waals surface area contributed by atoms with E-state index >= 15 is 0 Å². The molecule has 3 aromatic rings. The van der Waals surface area contributed by atoms with Crippen LogP contribution in [0.2, 0.25) is 0 Å². The van der Waals surface area contributed by atoms with Crippen molar-refractivity contribution < 1.29 is 14.3 Å². The van der Waals surface area contributed by atoms with Crippen molar-refractivity contribution in [2.75, 3.05) is 13.7 Å². The van der Waals surface area contributed by atoms with Crippen LogP contribution in [0.3, 0.4) is 0 Å². The molecule has 0 unspecified atom stereocenters. The van der Waals surface area contributed by atoms with Gasteiger partial charge in [-0.1, -0.05) is 101 Å². The number of carbonyl (C=O) groups excluding carboxylic acids is 2. The molecule has 2 amide bonds. The van der Waals surface area contributed by atoms with Crippen LogP contribution in [0.25, 0.3) is 0 Å². The van der Waals surface area contributed by atoms with E-state index in [0.29, 0.717) is 38.3 Å². The third-order valence-corrected chi connectivity index (χ3v) is 6.89. The van der Waals surface area contributed by atoms with Gasteiger partial charge in [-0.15, -0.1) is 0 Å². The number of nitrogens with one attached hydrogen (secondary N) is 1. The lowest BCUT2D eigenvalue weighted by Crippen LogP contribution is -2.51. The zero-order valence-corrected chi connectivity index (χ0v) is 24.4. The van der Waals surface area contributed by atoms with Crippen molar-refractivity contribution in [3.63, 3.8) is 0 Å². The van der Waals surface area contributed by atoms with Gasteiger partial charge in [0.25, 0.3) is 0 Å². The van der Waals surface area contributed by atoms with Gasteiger partial charge < -0.3 is 15.0 Å². The molecule has 3 rings (SSSR count). The molecule has 0 saturated heterocycles. The second-order valence-corrected chi connectivity index (χ2v) is 11.7. The summed E-state index contributed by atoms with van der Waals surface area (Å²) in [5.41, 5.74) is 4.40. The summed E-state index contributed by atoms with van der Waals surface area (Å²) in [6, 6.07) is 25.5. The average Bonchev–Trinajstić information content (AvgIpc) is 2.92. The first-order chi connectivity index (χ1) is 18.6. The Kier molecular flexibility index (Phi) is 10.7. The molecular weight excluding hydrogens is 484 g/mol. The minimum absolute atomic E-state index is 0.0432. The second kappa shape index (κ2) is 14.0. The number of hydrogen-bond acceptors (Lipinski definition) is 3. The molecule has 0 fully saturated rings. The highest BCUT2D eigenvalue weighted by Gasteiger charge is 2.30. The smallest absolute Gasteiger partial charge is 0.243 e. The largest absolute Gasteiger partial charge is 0.497 e. The standard InChI is InChI=1S/C34H44N2O3/c1-25(2)23-35-33(38)31(22-27-11-8-7-9-12-27)36(24-28-13-10-14-30(21-28)39-6)32(37)20-17-26-15-18-29(19-16-26)34(3,4)5/h7-16,18-19,21,25,31H,17,20,22-24H2,1-6H3,(H,35,38)/t31-/m0/s1. The van der Waals surface area contributed by atoms with E-state index in [1.807, 2.05) is 54.6 Å². The summed E-state index contributed by atoms with van der Waals surface area (Å²) in [5.74, 6) is 0.865. The number of benzene rings is 3. The molecular formula is C34H44N2O3. The van der Waals surface area contributed by atoms with Crippen molar-refractivity contribution in [3.05, 3.63) is 101 Å². The van der Waals surface area contributed by atoms with Gasteiger partial charge in [-0.25, -0.2) is 0 Å². The Hall–Kier alpha value is -3.60. The van der Waals surface area contributed by atoms with E-state index in [1.165, 1.54) is 5.56 Å². The molecule has 0 bridgehead atoms. The average molecular weight is 529 g/mol. The van der Waals surface area contributed by atoms with E-state index in [2.05, 4.69) is 64.2 Å². The summed E-state index contributed by atoms with van der Waals surface area (Å²) in [6.45, 7) is 11.6. The molecule has 3 aromatic carbocycles. The molecule has 1 atom stereocenters. The molecule has 0 aliphatic rings. The quantitative estimate of drug-likeness (QED) is 0.299. The van der Waals surface area contributed by atoms with Gasteiger partial charge >= 0.3 is 0 Å². The Morgan fingerprint density at radius 2 is 1.54 bits per heavy atom. The first-order valence-corrected chi connectivity index (χ1v) is 13.9. The van der Waals surface area contributed by atoms with Gasteiger partial charge in [-0.3, -0.25) is 9.59 Å². The van der Waals surface area contributed by atoms with Crippen LogP contribution in [0.5, 0.6) is 5.75 Å². The summed E-state index contributed by atoms with van der Waals surface area (Å²) in [7, 11) is 1.63. The van der Waals surface area contributed by atoms with Crippen LogP contribution in [0.15, 0.2) is 78.9 Å². The summed E-state index contributed by atoms with van der Waals surface area (Å²) < 4.78 is 5.42. The molecule has 0 aliphatic heterocycles. The number of aryl methyl sites for hydroxylation is 1. The lowest BCUT2D eigenvalue weighted by Gasteiger charge is -2.32. The zero-order valence-electron chi connectivity index (χ0n) is 24.4. The summed E-state index contributed by atoms with van der Waals surface area (Å²) in [5, 5.41) is 3.08. The topological polar surface area (TPSA) is 58.6 Å². The van der Waals surface area contributed by atoms with Crippen molar-refractivity contribution in [1.29, 1.82) is 0 Å². The fraction of sp³-hybridized carbons (Fsp3) is 0.412. The van der Waals surface area contributed by atoms with Crippen molar-refractivity contribution in [2.45, 2.75) is 71.9 Å². The normalized spacial score (nSPS) is 12.2. The summed E-state index contributed by atoms with van der Waals surface area (Å²) in [6.07, 6.45) is 1.38. The van der Waals surface area contributed by atoms with Gasteiger partial charge in [0.15, 0.2) is 0 Å². The van der Waals surface area contributed by atoms with Gasteiger partial charge in [-0.2, -0.15) is 0 Å². The third-order valence-electron chi connectivity index (χ3n) is 6.89. The van der Waals surface area contributed by atoms with Crippen molar-refractivity contribution in [2.24, 2.45) is 5.92 Å². The number of nitrogens with zero attached hydrogens (tertiary/aromatic N) is 1. The Morgan fingerprint density at radius 1 is 0.872 bits per heavy atom. The summed E-state index contributed by atoms with van der Waals surface area (Å²) in [4.78, 5) is 29.2. The van der Waals surface area contributed by atoms with Gasteiger partial charge in [0, 0.05) is 25.9 Å². The molecule has 0 spiro atoms. The van der Waals surface area contributed by atoms with Crippen molar-refractivity contribution in [3.8, 4) is 5.75 Å². The zero-order chi connectivity index (χ0) is 28.4. The highest BCUT2D eigenvalue weighted by atomic mass is 16.5. The van der Waals surface area contributed by atoms with E-state index in [1.54, 1.807) is 12.0 Å². The lowest BCUT2D eigenvalue weighted by molar-refractivity contribution is -0.141. The van der Waals surface area contributed by atoms with Crippen LogP contribution in [0.1, 0.15) is 63.3 Å². The molecule has 39 heavy (non-hydrogen) atoms. The van der Waals surface area contributed by atoms with Crippen molar-refractivity contribution >= 4 is 11.8 Å². The van der Waals surface area contributed by atoms with Gasteiger partial charge in [0.1, 0.15) is 11.8 Å². The molecule has 0 radical (unpaired) electrons. The fourth-order valence-electron chi connectivity index (χ4n) is 4.51. The van der Waals surface area contributed by atoms with Gasteiger partial charge in [-0.05, 0) is 52.1 Å². The van der Waals surface area contributed by atoms with Gasteiger partial charge in [0.2, 0.25) is 11.8 Å². The fourth-order valence-corrected chi connectivity index (χ4v) is 4.51. The van der Waals surface area contributed by atoms with E-state index in [4.69, 9.17) is 4.74 Å². The SMILES string of the molecule is COc1cccc(CN(C(=O)CCc2ccc(C(C)(C)C)cc2)[C@@H](Cc2ccccc2)C(=O)NCC(C)C)c1. The second-order valence-electron chi connectivity index (χ2n) is 11.7. The predicted molar refractivity (Wildman–Crippen MR) is 159 cm³/mol. The highest BCUT2D eigenvalue weighted by Crippen LogP contribution is 2.23.